The van der Waals surface area contributed by atoms with Crippen LogP contribution in [0.3, 0.4) is 0 Å². The molecule has 0 aromatic rings. The summed E-state index contributed by atoms with van der Waals surface area (Å²) in [6, 6.07) is 0. The Balaban J connectivity index is 1.63. The largest absolute Gasteiger partial charge is 0.469 e. The van der Waals surface area contributed by atoms with E-state index in [1.54, 1.807) is 0 Å². The number of esters is 1. The summed E-state index contributed by atoms with van der Waals surface area (Å²) in [6.45, 7) is 3.61. The molecule has 1 aliphatic carbocycles. The Hall–Kier alpha value is -0.610. The SMILES string of the molecule is COC(=O)C1(CNCCC2CCOCC2)CCC1. The van der Waals surface area contributed by atoms with Crippen LogP contribution in [0.15, 0.2) is 0 Å². The molecule has 0 atom stereocenters. The molecule has 104 valence electrons. The fourth-order valence-electron chi connectivity index (χ4n) is 2.94. The van der Waals surface area contributed by atoms with Crippen LogP contribution in [0.2, 0.25) is 0 Å². The normalized spacial score (nSPS) is 23.4. The molecule has 2 fully saturated rings. The third-order valence-corrected chi connectivity index (χ3v) is 4.46. The molecular formula is C14H25NO3. The van der Waals surface area contributed by atoms with Crippen molar-refractivity contribution >= 4 is 5.97 Å². The van der Waals surface area contributed by atoms with Crippen LogP contribution in [0, 0.1) is 11.3 Å². The first-order chi connectivity index (χ1) is 8.77. The highest BCUT2D eigenvalue weighted by Crippen LogP contribution is 2.41. The van der Waals surface area contributed by atoms with E-state index in [4.69, 9.17) is 9.47 Å². The molecule has 4 heteroatoms. The fourth-order valence-corrected chi connectivity index (χ4v) is 2.94. The van der Waals surface area contributed by atoms with Gasteiger partial charge in [0.25, 0.3) is 0 Å². The van der Waals surface area contributed by atoms with Crippen molar-refractivity contribution in [2.45, 2.75) is 38.5 Å². The van der Waals surface area contributed by atoms with Gasteiger partial charge in [0, 0.05) is 19.8 Å². The molecule has 1 N–H and O–H groups in total. The zero-order valence-corrected chi connectivity index (χ0v) is 11.4. The lowest BCUT2D eigenvalue weighted by molar-refractivity contribution is -0.158. The molecule has 4 nitrogen and oxygen atoms in total. The second-order valence-corrected chi connectivity index (χ2v) is 5.65. The van der Waals surface area contributed by atoms with Gasteiger partial charge in [-0.2, -0.15) is 0 Å². The predicted molar refractivity (Wildman–Crippen MR) is 69.3 cm³/mol. The molecule has 0 spiro atoms. The summed E-state index contributed by atoms with van der Waals surface area (Å²) in [5, 5.41) is 3.45. The second-order valence-electron chi connectivity index (χ2n) is 5.65. The van der Waals surface area contributed by atoms with Crippen molar-refractivity contribution in [2.75, 3.05) is 33.4 Å². The van der Waals surface area contributed by atoms with Gasteiger partial charge in [-0.15, -0.1) is 0 Å². The minimum atomic E-state index is -0.218. The van der Waals surface area contributed by atoms with Crippen molar-refractivity contribution in [3.05, 3.63) is 0 Å². The van der Waals surface area contributed by atoms with E-state index in [2.05, 4.69) is 5.32 Å². The van der Waals surface area contributed by atoms with Crippen LogP contribution >= 0.6 is 0 Å². The van der Waals surface area contributed by atoms with Gasteiger partial charge in [-0.25, -0.2) is 0 Å². The van der Waals surface area contributed by atoms with Crippen molar-refractivity contribution < 1.29 is 14.3 Å². The number of ether oxygens (including phenoxy) is 2. The van der Waals surface area contributed by atoms with Gasteiger partial charge in [0.2, 0.25) is 0 Å². The predicted octanol–water partition coefficient (Wildman–Crippen LogP) is 1.74. The third kappa shape index (κ3) is 3.23. The summed E-state index contributed by atoms with van der Waals surface area (Å²) in [4.78, 5) is 11.7. The number of hydrogen-bond donors (Lipinski definition) is 1. The number of methoxy groups -OCH3 is 1. The maximum Gasteiger partial charge on any atom is 0.313 e. The highest BCUT2D eigenvalue weighted by molar-refractivity contribution is 5.78. The summed E-state index contributed by atoms with van der Waals surface area (Å²) in [5.41, 5.74) is -0.218. The first-order valence-corrected chi connectivity index (χ1v) is 7.14. The molecule has 18 heavy (non-hydrogen) atoms. The zero-order valence-electron chi connectivity index (χ0n) is 11.4. The van der Waals surface area contributed by atoms with Crippen LogP contribution in [0.1, 0.15) is 38.5 Å². The average Bonchev–Trinajstić information content (AvgIpc) is 2.37. The molecule has 0 aromatic carbocycles. The number of hydrogen-bond acceptors (Lipinski definition) is 4. The van der Waals surface area contributed by atoms with Crippen molar-refractivity contribution in [1.82, 2.24) is 5.32 Å². The Morgan fingerprint density at radius 2 is 2.11 bits per heavy atom. The second kappa shape index (κ2) is 6.53. The van der Waals surface area contributed by atoms with Crippen LogP contribution in [-0.2, 0) is 14.3 Å². The summed E-state index contributed by atoms with van der Waals surface area (Å²) >= 11 is 0. The van der Waals surface area contributed by atoms with Crippen LogP contribution in [-0.4, -0.2) is 39.4 Å². The highest BCUT2D eigenvalue weighted by atomic mass is 16.5. The lowest BCUT2D eigenvalue weighted by atomic mass is 9.68. The first kappa shape index (κ1) is 13.8. The van der Waals surface area contributed by atoms with E-state index in [9.17, 15) is 4.79 Å². The summed E-state index contributed by atoms with van der Waals surface area (Å²) in [6.07, 6.45) is 6.67. The van der Waals surface area contributed by atoms with E-state index in [0.29, 0.717) is 0 Å². The Morgan fingerprint density at radius 3 is 2.67 bits per heavy atom. The molecule has 0 amide bonds. The van der Waals surface area contributed by atoms with E-state index in [1.807, 2.05) is 0 Å². The van der Waals surface area contributed by atoms with Gasteiger partial charge in [-0.3, -0.25) is 4.79 Å². The van der Waals surface area contributed by atoms with Gasteiger partial charge >= 0.3 is 5.97 Å². The molecule has 1 saturated heterocycles. The monoisotopic (exact) mass is 255 g/mol. The van der Waals surface area contributed by atoms with Gasteiger partial charge < -0.3 is 14.8 Å². The van der Waals surface area contributed by atoms with Crippen molar-refractivity contribution in [1.29, 1.82) is 0 Å². The molecular weight excluding hydrogens is 230 g/mol. The molecule has 0 radical (unpaired) electrons. The van der Waals surface area contributed by atoms with E-state index < -0.39 is 0 Å². The number of rotatable bonds is 6. The zero-order chi connectivity index (χ0) is 12.8. The smallest absolute Gasteiger partial charge is 0.313 e. The van der Waals surface area contributed by atoms with Crippen molar-refractivity contribution in [3.63, 3.8) is 0 Å². The summed E-state index contributed by atoms with van der Waals surface area (Å²) in [5.74, 6) is 0.758. The van der Waals surface area contributed by atoms with E-state index in [1.165, 1.54) is 26.4 Å². The van der Waals surface area contributed by atoms with E-state index in [-0.39, 0.29) is 11.4 Å². The number of carbonyl (C=O) groups excluding carboxylic acids is 1. The van der Waals surface area contributed by atoms with Crippen LogP contribution < -0.4 is 5.32 Å². The summed E-state index contributed by atoms with van der Waals surface area (Å²) < 4.78 is 10.3. The van der Waals surface area contributed by atoms with Gasteiger partial charge in [-0.1, -0.05) is 6.42 Å². The average molecular weight is 255 g/mol. The molecule has 0 aromatic heterocycles. The number of carbonyl (C=O) groups is 1. The van der Waals surface area contributed by atoms with E-state index >= 15 is 0 Å². The maximum absolute atomic E-state index is 11.7. The van der Waals surface area contributed by atoms with Crippen LogP contribution in [0.4, 0.5) is 0 Å². The molecule has 1 heterocycles. The topological polar surface area (TPSA) is 47.6 Å². The molecule has 1 aliphatic heterocycles. The highest BCUT2D eigenvalue weighted by Gasteiger charge is 2.44. The molecule has 1 saturated carbocycles. The minimum Gasteiger partial charge on any atom is -0.469 e. The van der Waals surface area contributed by atoms with Gasteiger partial charge in [-0.05, 0) is 44.6 Å². The Morgan fingerprint density at radius 1 is 1.39 bits per heavy atom. The van der Waals surface area contributed by atoms with Gasteiger partial charge in [0.15, 0.2) is 0 Å². The Labute approximate surface area is 109 Å². The van der Waals surface area contributed by atoms with Crippen LogP contribution in [0.25, 0.3) is 0 Å². The molecule has 0 unspecified atom stereocenters. The Bertz CT molecular complexity index is 270. The standard InChI is InChI=1S/C14H25NO3/c1-17-13(16)14(6-2-7-14)11-15-8-3-12-4-9-18-10-5-12/h12,15H,2-11H2,1H3. The fraction of sp³-hybridized carbons (Fsp3) is 0.929. The van der Waals surface area contributed by atoms with Crippen LogP contribution in [0.5, 0.6) is 0 Å². The quantitative estimate of drug-likeness (QED) is 0.580. The van der Waals surface area contributed by atoms with E-state index in [0.717, 1.165) is 51.5 Å². The minimum absolute atomic E-state index is 0.0349. The molecule has 2 rings (SSSR count). The van der Waals surface area contributed by atoms with Crippen molar-refractivity contribution in [3.8, 4) is 0 Å². The molecule has 2 aliphatic rings. The third-order valence-electron chi connectivity index (χ3n) is 4.46. The lowest BCUT2D eigenvalue weighted by Crippen LogP contribution is -2.47. The first-order valence-electron chi connectivity index (χ1n) is 7.14. The number of nitrogens with one attached hydrogen (secondary N) is 1. The van der Waals surface area contributed by atoms with Crippen molar-refractivity contribution in [2.24, 2.45) is 11.3 Å². The van der Waals surface area contributed by atoms with Gasteiger partial charge in [0.1, 0.15) is 0 Å². The summed E-state index contributed by atoms with van der Waals surface area (Å²) in [7, 11) is 1.49. The lowest BCUT2D eigenvalue weighted by Gasteiger charge is -2.39. The molecule has 0 bridgehead atoms. The Kier molecular flexibility index (Phi) is 5.01. The van der Waals surface area contributed by atoms with Gasteiger partial charge in [0.05, 0.1) is 12.5 Å². The maximum atomic E-state index is 11.7.